The number of nitrogens with zero attached hydrogens (tertiary/aromatic N) is 3. The van der Waals surface area contributed by atoms with Gasteiger partial charge < -0.3 is 14.7 Å². The van der Waals surface area contributed by atoms with E-state index >= 15 is 0 Å². The van der Waals surface area contributed by atoms with Crippen LogP contribution in [0.5, 0.6) is 0 Å². The van der Waals surface area contributed by atoms with E-state index in [1.165, 1.54) is 11.5 Å². The van der Waals surface area contributed by atoms with Gasteiger partial charge in [-0.15, -0.1) is 0 Å². The van der Waals surface area contributed by atoms with Crippen LogP contribution in [0.1, 0.15) is 19.2 Å². The van der Waals surface area contributed by atoms with E-state index in [9.17, 15) is 5.11 Å². The van der Waals surface area contributed by atoms with Crippen molar-refractivity contribution in [2.24, 2.45) is 5.92 Å². The summed E-state index contributed by atoms with van der Waals surface area (Å²) in [5.41, 5.74) is 0. The van der Waals surface area contributed by atoms with Crippen LogP contribution in [0.3, 0.4) is 0 Å². The zero-order valence-electron chi connectivity index (χ0n) is 9.59. The van der Waals surface area contributed by atoms with Gasteiger partial charge in [-0.2, -0.15) is 4.37 Å². The van der Waals surface area contributed by atoms with Gasteiger partial charge in [0.2, 0.25) is 5.13 Å². The van der Waals surface area contributed by atoms with Gasteiger partial charge in [-0.05, 0) is 12.3 Å². The molecular weight excluding hydrogens is 226 g/mol. The number of anilines is 1. The van der Waals surface area contributed by atoms with Crippen molar-refractivity contribution in [1.29, 1.82) is 0 Å². The Bertz CT molecular complexity index is 345. The molecular formula is C10H17N3O2S. The third kappa shape index (κ3) is 2.50. The van der Waals surface area contributed by atoms with Gasteiger partial charge in [-0.25, -0.2) is 4.98 Å². The first kappa shape index (κ1) is 11.8. The van der Waals surface area contributed by atoms with Crippen molar-refractivity contribution in [3.8, 4) is 0 Å². The Kier molecular flexibility index (Phi) is 3.73. The monoisotopic (exact) mass is 243 g/mol. The average Bonchev–Trinajstić information content (AvgIpc) is 2.71. The maximum atomic E-state index is 9.81. The molecule has 16 heavy (non-hydrogen) atoms. The molecule has 2 rings (SSSR count). The van der Waals surface area contributed by atoms with Crippen molar-refractivity contribution in [2.45, 2.75) is 26.1 Å². The Balaban J connectivity index is 2.01. The standard InChI is InChI=1S/C10H17N3O2S/c1-7-3-4-13(5-8(7)14)10-11-9(6-15-2)12-16-10/h7-8,14H,3-6H2,1-2H3. The molecule has 0 spiro atoms. The SMILES string of the molecule is COCc1nsc(N2CCC(C)C(O)C2)n1. The highest BCUT2D eigenvalue weighted by Crippen LogP contribution is 2.24. The molecule has 0 aromatic carbocycles. The molecule has 0 amide bonds. The first-order valence-electron chi connectivity index (χ1n) is 5.45. The lowest BCUT2D eigenvalue weighted by molar-refractivity contribution is 0.103. The third-order valence-electron chi connectivity index (χ3n) is 2.92. The van der Waals surface area contributed by atoms with Gasteiger partial charge in [-0.1, -0.05) is 6.92 Å². The molecule has 90 valence electrons. The summed E-state index contributed by atoms with van der Waals surface area (Å²) in [6, 6.07) is 0. The van der Waals surface area contributed by atoms with E-state index in [-0.39, 0.29) is 6.10 Å². The predicted octanol–water partition coefficient (Wildman–Crippen LogP) is 0.892. The highest BCUT2D eigenvalue weighted by atomic mass is 32.1. The van der Waals surface area contributed by atoms with Crippen LogP contribution in [0.4, 0.5) is 5.13 Å². The van der Waals surface area contributed by atoms with Crippen molar-refractivity contribution in [3.63, 3.8) is 0 Å². The van der Waals surface area contributed by atoms with Crippen molar-refractivity contribution in [3.05, 3.63) is 5.82 Å². The largest absolute Gasteiger partial charge is 0.391 e. The van der Waals surface area contributed by atoms with Crippen molar-refractivity contribution >= 4 is 16.7 Å². The molecule has 6 heteroatoms. The highest BCUT2D eigenvalue weighted by molar-refractivity contribution is 7.09. The van der Waals surface area contributed by atoms with Crippen LogP contribution < -0.4 is 4.90 Å². The van der Waals surface area contributed by atoms with Gasteiger partial charge in [0.25, 0.3) is 0 Å². The fraction of sp³-hybridized carbons (Fsp3) is 0.800. The maximum Gasteiger partial charge on any atom is 0.205 e. The van der Waals surface area contributed by atoms with Gasteiger partial charge in [0.1, 0.15) is 6.61 Å². The molecule has 1 aromatic rings. The third-order valence-corrected chi connectivity index (χ3v) is 3.73. The molecule has 0 radical (unpaired) electrons. The van der Waals surface area contributed by atoms with Crippen LogP contribution in [-0.4, -0.2) is 40.8 Å². The first-order valence-corrected chi connectivity index (χ1v) is 6.22. The lowest BCUT2D eigenvalue weighted by atomic mass is 9.96. The van der Waals surface area contributed by atoms with E-state index in [4.69, 9.17) is 4.74 Å². The minimum absolute atomic E-state index is 0.261. The molecule has 1 aromatic heterocycles. The van der Waals surface area contributed by atoms with Crippen LogP contribution in [0.25, 0.3) is 0 Å². The number of methoxy groups -OCH3 is 1. The summed E-state index contributed by atoms with van der Waals surface area (Å²) in [6.07, 6.45) is 0.740. The second-order valence-electron chi connectivity index (χ2n) is 4.21. The van der Waals surface area contributed by atoms with Crippen molar-refractivity contribution in [2.75, 3.05) is 25.1 Å². The molecule has 1 aliphatic rings. The molecule has 2 atom stereocenters. The molecule has 0 saturated carbocycles. The van der Waals surface area contributed by atoms with E-state index in [1.807, 2.05) is 0 Å². The summed E-state index contributed by atoms with van der Waals surface area (Å²) in [5.74, 6) is 1.10. The predicted molar refractivity (Wildman–Crippen MR) is 62.6 cm³/mol. The smallest absolute Gasteiger partial charge is 0.205 e. The van der Waals surface area contributed by atoms with E-state index in [1.54, 1.807) is 7.11 Å². The molecule has 0 bridgehead atoms. The van der Waals surface area contributed by atoms with Crippen LogP contribution in [0, 0.1) is 5.92 Å². The first-order chi connectivity index (χ1) is 7.70. The highest BCUT2D eigenvalue weighted by Gasteiger charge is 2.26. The summed E-state index contributed by atoms with van der Waals surface area (Å²) in [7, 11) is 1.63. The van der Waals surface area contributed by atoms with Crippen LogP contribution in [0.2, 0.25) is 0 Å². The molecule has 0 aliphatic carbocycles. The van der Waals surface area contributed by atoms with Crippen molar-refractivity contribution in [1.82, 2.24) is 9.36 Å². The summed E-state index contributed by atoms with van der Waals surface area (Å²) >= 11 is 1.37. The molecule has 2 heterocycles. The van der Waals surface area contributed by atoms with E-state index in [0.717, 1.165) is 23.9 Å². The van der Waals surface area contributed by atoms with Gasteiger partial charge in [0.05, 0.1) is 6.10 Å². The summed E-state index contributed by atoms with van der Waals surface area (Å²) in [6.45, 7) is 4.13. The minimum atomic E-state index is -0.261. The lowest BCUT2D eigenvalue weighted by Crippen LogP contribution is -2.42. The number of hydrogen-bond donors (Lipinski definition) is 1. The van der Waals surface area contributed by atoms with E-state index in [0.29, 0.717) is 19.1 Å². The quantitative estimate of drug-likeness (QED) is 0.854. The summed E-state index contributed by atoms with van der Waals surface area (Å²) in [5, 5.41) is 10.7. The van der Waals surface area contributed by atoms with Gasteiger partial charge >= 0.3 is 0 Å². The Hall–Kier alpha value is -0.720. The number of aliphatic hydroxyl groups is 1. The average molecular weight is 243 g/mol. The number of hydrogen-bond acceptors (Lipinski definition) is 6. The molecule has 1 saturated heterocycles. The summed E-state index contributed by atoms with van der Waals surface area (Å²) < 4.78 is 9.19. The minimum Gasteiger partial charge on any atom is -0.391 e. The van der Waals surface area contributed by atoms with Crippen LogP contribution in [0.15, 0.2) is 0 Å². The normalized spacial score (nSPS) is 26.1. The molecule has 1 N–H and O–H groups in total. The number of piperidine rings is 1. The fourth-order valence-corrected chi connectivity index (χ4v) is 2.49. The topological polar surface area (TPSA) is 58.5 Å². The van der Waals surface area contributed by atoms with Crippen LogP contribution in [-0.2, 0) is 11.3 Å². The van der Waals surface area contributed by atoms with E-state index < -0.39 is 0 Å². The number of rotatable bonds is 3. The number of β-amino-alcohol motifs (C(OH)–C–C–N with tert-alkyl or cyclic N) is 1. The summed E-state index contributed by atoms with van der Waals surface area (Å²) in [4.78, 5) is 6.48. The number of aliphatic hydroxyl groups excluding tert-OH is 1. The molecule has 1 fully saturated rings. The van der Waals surface area contributed by atoms with Crippen molar-refractivity contribution < 1.29 is 9.84 Å². The molecule has 2 unspecified atom stereocenters. The van der Waals surface area contributed by atoms with E-state index in [2.05, 4.69) is 21.2 Å². The zero-order chi connectivity index (χ0) is 11.5. The van der Waals surface area contributed by atoms with Gasteiger partial charge in [-0.3, -0.25) is 0 Å². The molecule has 1 aliphatic heterocycles. The Morgan fingerprint density at radius 3 is 3.12 bits per heavy atom. The maximum absolute atomic E-state index is 9.81. The van der Waals surface area contributed by atoms with Crippen LogP contribution >= 0.6 is 11.5 Å². The fourth-order valence-electron chi connectivity index (χ4n) is 1.78. The second kappa shape index (κ2) is 5.07. The van der Waals surface area contributed by atoms with Gasteiger partial charge in [0.15, 0.2) is 5.82 Å². The zero-order valence-corrected chi connectivity index (χ0v) is 10.4. The Morgan fingerprint density at radius 2 is 2.44 bits per heavy atom. The Labute approximate surface area is 99.2 Å². The van der Waals surface area contributed by atoms with Gasteiger partial charge in [0, 0.05) is 31.7 Å². The number of aromatic nitrogens is 2. The lowest BCUT2D eigenvalue weighted by Gasteiger charge is -2.33. The second-order valence-corrected chi connectivity index (χ2v) is 4.94. The Morgan fingerprint density at radius 1 is 1.62 bits per heavy atom. The number of ether oxygens (including phenoxy) is 1. The molecule has 5 nitrogen and oxygen atoms in total.